The minimum absolute atomic E-state index is 0.291. The van der Waals surface area contributed by atoms with Gasteiger partial charge in [-0.05, 0) is 27.7 Å². The number of carbonyl (C=O) groups is 2. The number of ether oxygens (including phenoxy) is 2. The molecule has 0 aromatic carbocycles. The van der Waals surface area contributed by atoms with E-state index in [1.165, 1.54) is 9.36 Å². The Balaban J connectivity index is 0.000000240. The highest BCUT2D eigenvalue weighted by Gasteiger charge is 2.16. The number of esters is 2. The average molecular weight is 338 g/mol. The van der Waals surface area contributed by atoms with Crippen LogP contribution in [0.3, 0.4) is 0 Å². The smallest absolute Gasteiger partial charge is 0.360 e. The molecule has 10 heteroatoms. The number of carbonyl (C=O) groups excluding carboxylic acids is 2. The molecule has 2 heterocycles. The van der Waals surface area contributed by atoms with Crippen LogP contribution in [0.5, 0.6) is 0 Å². The van der Waals surface area contributed by atoms with Crippen molar-refractivity contribution >= 4 is 11.9 Å². The summed E-state index contributed by atoms with van der Waals surface area (Å²) in [6.45, 7) is 7.73. The molecule has 2 aromatic rings. The van der Waals surface area contributed by atoms with E-state index in [0.717, 1.165) is 0 Å². The monoisotopic (exact) mass is 338 g/mol. The lowest BCUT2D eigenvalue weighted by Crippen LogP contribution is -2.11. The first-order valence-electron chi connectivity index (χ1n) is 7.40. The molecule has 24 heavy (non-hydrogen) atoms. The third kappa shape index (κ3) is 4.61. The highest BCUT2D eigenvalue weighted by atomic mass is 16.5. The van der Waals surface area contributed by atoms with Gasteiger partial charge in [0.1, 0.15) is 0 Å². The van der Waals surface area contributed by atoms with Gasteiger partial charge in [-0.15, -0.1) is 10.2 Å². The quantitative estimate of drug-likeness (QED) is 0.745. The summed E-state index contributed by atoms with van der Waals surface area (Å²) < 4.78 is 12.5. The second-order valence-corrected chi connectivity index (χ2v) is 4.74. The molecule has 0 fully saturated rings. The van der Waals surface area contributed by atoms with E-state index < -0.39 is 5.97 Å². The molecule has 0 amide bonds. The van der Waals surface area contributed by atoms with Crippen LogP contribution >= 0.6 is 0 Å². The summed E-state index contributed by atoms with van der Waals surface area (Å²) in [6.07, 6.45) is 0. The van der Waals surface area contributed by atoms with Crippen molar-refractivity contribution in [3.63, 3.8) is 0 Å². The van der Waals surface area contributed by atoms with Gasteiger partial charge in [-0.3, -0.25) is 4.68 Å². The normalized spacial score (nSPS) is 9.92. The second kappa shape index (κ2) is 8.75. The molecule has 0 unspecified atom stereocenters. The SMILES string of the molecule is CCOC(=O)c1c(C)nnn1C.CCOC(=O)c1nnn(C)c1C. The van der Waals surface area contributed by atoms with Gasteiger partial charge in [-0.1, -0.05) is 10.4 Å². The number of hydrogen-bond donors (Lipinski definition) is 0. The summed E-state index contributed by atoms with van der Waals surface area (Å²) in [5.41, 5.74) is 2.01. The minimum Gasteiger partial charge on any atom is -0.461 e. The van der Waals surface area contributed by atoms with Gasteiger partial charge < -0.3 is 9.47 Å². The summed E-state index contributed by atoms with van der Waals surface area (Å²) in [5.74, 6) is -0.786. The van der Waals surface area contributed by atoms with Crippen LogP contribution in [0.2, 0.25) is 0 Å². The van der Waals surface area contributed by atoms with Crippen molar-refractivity contribution in [2.75, 3.05) is 13.2 Å². The van der Waals surface area contributed by atoms with Gasteiger partial charge in [0.05, 0.1) is 24.6 Å². The lowest BCUT2D eigenvalue weighted by molar-refractivity contribution is 0.0505. The number of rotatable bonds is 4. The van der Waals surface area contributed by atoms with Crippen molar-refractivity contribution in [1.29, 1.82) is 0 Å². The lowest BCUT2D eigenvalue weighted by Gasteiger charge is -2.00. The average Bonchev–Trinajstić information content (AvgIpc) is 3.03. The molecular weight excluding hydrogens is 316 g/mol. The zero-order valence-electron chi connectivity index (χ0n) is 14.7. The van der Waals surface area contributed by atoms with Crippen molar-refractivity contribution in [2.45, 2.75) is 27.7 Å². The van der Waals surface area contributed by atoms with Gasteiger partial charge in [-0.2, -0.15) is 0 Å². The lowest BCUT2D eigenvalue weighted by atomic mass is 10.3. The Morgan fingerprint density at radius 3 is 1.88 bits per heavy atom. The van der Waals surface area contributed by atoms with Gasteiger partial charge in [0.25, 0.3) is 0 Å². The van der Waals surface area contributed by atoms with E-state index in [4.69, 9.17) is 9.47 Å². The molecule has 0 N–H and O–H groups in total. The van der Waals surface area contributed by atoms with Crippen LogP contribution < -0.4 is 0 Å². The van der Waals surface area contributed by atoms with Gasteiger partial charge in [0, 0.05) is 14.1 Å². The molecule has 0 saturated heterocycles. The van der Waals surface area contributed by atoms with Crippen LogP contribution in [0.1, 0.15) is 46.2 Å². The van der Waals surface area contributed by atoms with E-state index in [2.05, 4.69) is 20.6 Å². The summed E-state index contributed by atoms with van der Waals surface area (Å²) >= 11 is 0. The number of nitrogens with zero attached hydrogens (tertiary/aromatic N) is 6. The first-order valence-corrected chi connectivity index (χ1v) is 7.40. The van der Waals surface area contributed by atoms with Gasteiger partial charge in [0.2, 0.25) is 0 Å². The standard InChI is InChI=1S/2C7H11N3O2/c1-4-12-7(11)6-5(2)10(3)9-8-6;1-4-12-7(11)6-5(2)8-9-10(6)3/h2*4H2,1-3H3. The molecule has 0 atom stereocenters. The van der Waals surface area contributed by atoms with Crippen molar-refractivity contribution in [1.82, 2.24) is 30.0 Å². The predicted octanol–water partition coefficient (Wildman–Crippen LogP) is 0.600. The number of aryl methyl sites for hydroxylation is 3. The van der Waals surface area contributed by atoms with Gasteiger partial charge in [0.15, 0.2) is 11.4 Å². The maximum Gasteiger partial charge on any atom is 0.360 e. The number of aromatic nitrogens is 6. The molecule has 2 aromatic heterocycles. The van der Waals surface area contributed by atoms with Crippen LogP contribution in [-0.4, -0.2) is 55.1 Å². The van der Waals surface area contributed by atoms with E-state index in [1.807, 2.05) is 0 Å². The molecule has 0 aliphatic heterocycles. The van der Waals surface area contributed by atoms with Crippen molar-refractivity contribution in [2.24, 2.45) is 14.1 Å². The second-order valence-electron chi connectivity index (χ2n) is 4.74. The predicted molar refractivity (Wildman–Crippen MR) is 83.4 cm³/mol. The Bertz CT molecular complexity index is 687. The Morgan fingerprint density at radius 1 is 0.917 bits per heavy atom. The molecule has 0 bridgehead atoms. The molecule has 0 radical (unpaired) electrons. The molecule has 0 aliphatic carbocycles. The maximum atomic E-state index is 11.2. The van der Waals surface area contributed by atoms with E-state index in [0.29, 0.717) is 36.0 Å². The van der Waals surface area contributed by atoms with Gasteiger partial charge >= 0.3 is 11.9 Å². The van der Waals surface area contributed by atoms with E-state index in [1.54, 1.807) is 41.8 Å². The maximum absolute atomic E-state index is 11.2. The topological polar surface area (TPSA) is 114 Å². The largest absolute Gasteiger partial charge is 0.461 e. The van der Waals surface area contributed by atoms with Crippen LogP contribution in [0.4, 0.5) is 0 Å². The van der Waals surface area contributed by atoms with Gasteiger partial charge in [-0.25, -0.2) is 14.3 Å². The first-order chi connectivity index (χ1) is 11.3. The third-order valence-electron chi connectivity index (χ3n) is 3.04. The van der Waals surface area contributed by atoms with Crippen LogP contribution in [0.25, 0.3) is 0 Å². The number of hydrogen-bond acceptors (Lipinski definition) is 8. The third-order valence-corrected chi connectivity index (χ3v) is 3.04. The Kier molecular flexibility index (Phi) is 7.02. The van der Waals surface area contributed by atoms with Crippen molar-refractivity contribution in [3.05, 3.63) is 22.8 Å². The van der Waals surface area contributed by atoms with Crippen LogP contribution in [-0.2, 0) is 23.6 Å². The fraction of sp³-hybridized carbons (Fsp3) is 0.571. The molecule has 0 spiro atoms. The fourth-order valence-electron chi connectivity index (χ4n) is 1.73. The van der Waals surface area contributed by atoms with Crippen LogP contribution in [0, 0.1) is 13.8 Å². The molecule has 0 aliphatic rings. The molecule has 10 nitrogen and oxygen atoms in total. The van der Waals surface area contributed by atoms with Crippen molar-refractivity contribution < 1.29 is 19.1 Å². The summed E-state index contributed by atoms with van der Waals surface area (Å²) in [6, 6.07) is 0. The molecule has 2 rings (SSSR count). The zero-order chi connectivity index (χ0) is 18.3. The summed E-state index contributed by atoms with van der Waals surface area (Å²) in [4.78, 5) is 22.4. The fourth-order valence-corrected chi connectivity index (χ4v) is 1.73. The van der Waals surface area contributed by atoms with E-state index in [9.17, 15) is 9.59 Å². The zero-order valence-corrected chi connectivity index (χ0v) is 14.7. The first kappa shape index (κ1) is 19.3. The highest BCUT2D eigenvalue weighted by Crippen LogP contribution is 2.04. The molecule has 0 saturated carbocycles. The van der Waals surface area contributed by atoms with E-state index >= 15 is 0 Å². The van der Waals surface area contributed by atoms with Crippen molar-refractivity contribution in [3.8, 4) is 0 Å². The van der Waals surface area contributed by atoms with Crippen LogP contribution in [0.15, 0.2) is 0 Å². The Labute approximate surface area is 139 Å². The molecule has 132 valence electrons. The Hall–Kier alpha value is -2.78. The van der Waals surface area contributed by atoms with E-state index in [-0.39, 0.29) is 5.97 Å². The molecular formula is C14H22N6O4. The minimum atomic E-state index is -0.414. The summed E-state index contributed by atoms with van der Waals surface area (Å²) in [5, 5.41) is 14.8. The highest BCUT2D eigenvalue weighted by molar-refractivity contribution is 5.88. The summed E-state index contributed by atoms with van der Waals surface area (Å²) in [7, 11) is 3.39. The Morgan fingerprint density at radius 2 is 1.46 bits per heavy atom.